The van der Waals surface area contributed by atoms with Gasteiger partial charge in [0.1, 0.15) is 18.1 Å². The minimum atomic E-state index is -0.683. The Bertz CT molecular complexity index is 1020. The lowest BCUT2D eigenvalue weighted by atomic mass is 10.1. The molecule has 148 valence electrons. The molecular weight excluding hydrogens is 395 g/mol. The van der Waals surface area contributed by atoms with E-state index in [1.165, 1.54) is 12.1 Å². The van der Waals surface area contributed by atoms with Crippen molar-refractivity contribution in [2.24, 2.45) is 0 Å². The number of aromatic nitrogens is 1. The third-order valence-electron chi connectivity index (χ3n) is 3.99. The smallest absolute Gasteiger partial charge is 0.357 e. The maximum absolute atomic E-state index is 15.2. The minimum absolute atomic E-state index is 0.00531. The molecule has 1 N–H and O–H groups in total. The highest BCUT2D eigenvalue weighted by Crippen LogP contribution is 2.30. The van der Waals surface area contributed by atoms with Crippen LogP contribution in [0, 0.1) is 5.82 Å². The molecule has 3 rings (SSSR count). The normalized spacial score (nSPS) is 10.3. The van der Waals surface area contributed by atoms with Gasteiger partial charge in [0.15, 0.2) is 11.5 Å². The summed E-state index contributed by atoms with van der Waals surface area (Å²) in [4.78, 5) is 16.5. The summed E-state index contributed by atoms with van der Waals surface area (Å²) in [5, 5.41) is 3.48. The Morgan fingerprint density at radius 1 is 1.21 bits per heavy atom. The second kappa shape index (κ2) is 9.21. The number of nitrogens with one attached hydrogen (secondary N) is 1. The van der Waals surface area contributed by atoms with Crippen molar-refractivity contribution >= 4 is 28.9 Å². The molecule has 0 aliphatic heterocycles. The molecule has 0 aliphatic carbocycles. The molecule has 1 aromatic heterocycles. The summed E-state index contributed by atoms with van der Waals surface area (Å²) in [5.74, 6) is -0.623. The van der Waals surface area contributed by atoms with E-state index in [9.17, 15) is 4.79 Å². The van der Waals surface area contributed by atoms with Crippen LogP contribution >= 0.6 is 11.6 Å². The molecule has 0 unspecified atom stereocenters. The fourth-order valence-electron chi connectivity index (χ4n) is 2.56. The van der Waals surface area contributed by atoms with Crippen molar-refractivity contribution in [3.8, 4) is 17.0 Å². The number of rotatable bonds is 7. The van der Waals surface area contributed by atoms with E-state index in [1.54, 1.807) is 55.6 Å². The van der Waals surface area contributed by atoms with E-state index in [0.717, 1.165) is 0 Å². The number of pyridine rings is 1. The Kier molecular flexibility index (Phi) is 6.46. The standard InChI is InChI=1S/C22H18ClFN2O3/c1-3-12-29-22(27)19-13-18(25-16-8-10-17(28-2)11-9-16)20(24)21(26-19)14-4-6-15(23)7-5-14/h3-11,13H,1,12H2,2H3,(H,25,26). The lowest BCUT2D eigenvalue weighted by Gasteiger charge is -2.13. The van der Waals surface area contributed by atoms with E-state index in [0.29, 0.717) is 22.0 Å². The molecular formula is C22H18ClFN2O3. The molecule has 29 heavy (non-hydrogen) atoms. The molecule has 0 saturated carbocycles. The second-order valence-electron chi connectivity index (χ2n) is 5.97. The highest BCUT2D eigenvalue weighted by Gasteiger charge is 2.19. The molecule has 0 bridgehead atoms. The van der Waals surface area contributed by atoms with Crippen molar-refractivity contribution in [1.82, 2.24) is 4.98 Å². The van der Waals surface area contributed by atoms with Gasteiger partial charge < -0.3 is 14.8 Å². The van der Waals surface area contributed by atoms with Crippen LogP contribution in [0.5, 0.6) is 5.75 Å². The van der Waals surface area contributed by atoms with Crippen LogP contribution in [0.4, 0.5) is 15.8 Å². The number of hydrogen-bond acceptors (Lipinski definition) is 5. The Morgan fingerprint density at radius 3 is 2.52 bits per heavy atom. The van der Waals surface area contributed by atoms with Crippen LogP contribution in [-0.4, -0.2) is 24.7 Å². The van der Waals surface area contributed by atoms with Crippen molar-refractivity contribution in [3.05, 3.63) is 83.8 Å². The largest absolute Gasteiger partial charge is 0.497 e. The number of ether oxygens (including phenoxy) is 2. The highest BCUT2D eigenvalue weighted by atomic mass is 35.5. The molecule has 0 saturated heterocycles. The highest BCUT2D eigenvalue weighted by molar-refractivity contribution is 6.30. The van der Waals surface area contributed by atoms with E-state index in [4.69, 9.17) is 21.1 Å². The Labute approximate surface area is 172 Å². The number of hydrogen-bond donors (Lipinski definition) is 1. The topological polar surface area (TPSA) is 60.5 Å². The monoisotopic (exact) mass is 412 g/mol. The summed E-state index contributed by atoms with van der Waals surface area (Å²) in [6.07, 6.45) is 1.44. The van der Waals surface area contributed by atoms with Gasteiger partial charge in [-0.05, 0) is 42.5 Å². The number of carbonyl (C=O) groups is 1. The first-order valence-electron chi connectivity index (χ1n) is 8.67. The summed E-state index contributed by atoms with van der Waals surface area (Å²) in [6.45, 7) is 3.53. The van der Waals surface area contributed by atoms with E-state index >= 15 is 4.39 Å². The first kappa shape index (κ1) is 20.4. The van der Waals surface area contributed by atoms with Gasteiger partial charge >= 0.3 is 5.97 Å². The van der Waals surface area contributed by atoms with Gasteiger partial charge in [-0.1, -0.05) is 36.4 Å². The van der Waals surface area contributed by atoms with Gasteiger partial charge in [0, 0.05) is 16.3 Å². The molecule has 0 amide bonds. The summed E-state index contributed by atoms with van der Waals surface area (Å²) in [7, 11) is 1.56. The van der Waals surface area contributed by atoms with E-state index in [-0.39, 0.29) is 23.7 Å². The van der Waals surface area contributed by atoms with Crippen LogP contribution in [0.2, 0.25) is 5.02 Å². The molecule has 0 atom stereocenters. The molecule has 0 spiro atoms. The van der Waals surface area contributed by atoms with Crippen molar-refractivity contribution in [1.29, 1.82) is 0 Å². The minimum Gasteiger partial charge on any atom is -0.497 e. The van der Waals surface area contributed by atoms with Crippen molar-refractivity contribution < 1.29 is 18.7 Å². The SMILES string of the molecule is C=CCOC(=O)c1cc(Nc2ccc(OC)cc2)c(F)c(-c2ccc(Cl)cc2)n1. The summed E-state index contributed by atoms with van der Waals surface area (Å²) in [5.41, 5.74) is 1.15. The lowest BCUT2D eigenvalue weighted by Crippen LogP contribution is -2.10. The van der Waals surface area contributed by atoms with Crippen LogP contribution in [0.25, 0.3) is 11.3 Å². The van der Waals surface area contributed by atoms with Gasteiger partial charge in [0.05, 0.1) is 12.8 Å². The molecule has 0 aliphatic rings. The fraction of sp³-hybridized carbons (Fsp3) is 0.0909. The van der Waals surface area contributed by atoms with E-state index < -0.39 is 11.8 Å². The van der Waals surface area contributed by atoms with Crippen molar-refractivity contribution in [2.75, 3.05) is 19.0 Å². The fourth-order valence-corrected chi connectivity index (χ4v) is 2.69. The van der Waals surface area contributed by atoms with Gasteiger partial charge in [-0.15, -0.1) is 0 Å². The Hall–Kier alpha value is -3.38. The number of nitrogens with zero attached hydrogens (tertiary/aromatic N) is 1. The molecule has 0 fully saturated rings. The maximum atomic E-state index is 15.2. The lowest BCUT2D eigenvalue weighted by molar-refractivity contribution is 0.0543. The Balaban J connectivity index is 2.04. The maximum Gasteiger partial charge on any atom is 0.357 e. The first-order valence-corrected chi connectivity index (χ1v) is 9.05. The average molecular weight is 413 g/mol. The zero-order chi connectivity index (χ0) is 20.8. The van der Waals surface area contributed by atoms with Gasteiger partial charge in [-0.3, -0.25) is 0 Å². The van der Waals surface area contributed by atoms with Gasteiger partial charge in [0.25, 0.3) is 0 Å². The van der Waals surface area contributed by atoms with Crippen LogP contribution in [0.1, 0.15) is 10.5 Å². The first-order chi connectivity index (χ1) is 14.0. The van der Waals surface area contributed by atoms with Gasteiger partial charge in [0.2, 0.25) is 0 Å². The van der Waals surface area contributed by atoms with E-state index in [2.05, 4.69) is 16.9 Å². The summed E-state index contributed by atoms with van der Waals surface area (Å²) < 4.78 is 25.4. The average Bonchev–Trinajstić information content (AvgIpc) is 2.74. The zero-order valence-electron chi connectivity index (χ0n) is 15.6. The molecule has 2 aromatic carbocycles. The van der Waals surface area contributed by atoms with E-state index in [1.807, 2.05) is 0 Å². The second-order valence-corrected chi connectivity index (χ2v) is 6.40. The third kappa shape index (κ3) is 4.92. The molecule has 7 heteroatoms. The van der Waals surface area contributed by atoms with Gasteiger partial charge in [-0.2, -0.15) is 0 Å². The van der Waals surface area contributed by atoms with Crippen LogP contribution in [-0.2, 0) is 4.74 Å². The Morgan fingerprint density at radius 2 is 1.90 bits per heavy atom. The van der Waals surface area contributed by atoms with Crippen LogP contribution in [0.15, 0.2) is 67.3 Å². The molecule has 0 radical (unpaired) electrons. The predicted molar refractivity (Wildman–Crippen MR) is 111 cm³/mol. The predicted octanol–water partition coefficient (Wildman–Crippen LogP) is 5.64. The third-order valence-corrected chi connectivity index (χ3v) is 4.24. The molecule has 1 heterocycles. The number of esters is 1. The summed E-state index contributed by atoms with van der Waals surface area (Å²) >= 11 is 5.92. The number of methoxy groups -OCH3 is 1. The van der Waals surface area contributed by atoms with Crippen molar-refractivity contribution in [3.63, 3.8) is 0 Å². The number of carbonyl (C=O) groups excluding carboxylic acids is 1. The number of benzene rings is 2. The molecule has 5 nitrogen and oxygen atoms in total. The zero-order valence-corrected chi connectivity index (χ0v) is 16.4. The van der Waals surface area contributed by atoms with Crippen LogP contribution in [0.3, 0.4) is 0 Å². The van der Waals surface area contributed by atoms with Crippen LogP contribution < -0.4 is 10.1 Å². The van der Waals surface area contributed by atoms with Crippen molar-refractivity contribution in [2.45, 2.75) is 0 Å². The summed E-state index contributed by atoms with van der Waals surface area (Å²) in [6, 6.07) is 14.8. The quantitative estimate of drug-likeness (QED) is 0.402. The van der Waals surface area contributed by atoms with Gasteiger partial charge in [-0.25, -0.2) is 14.2 Å². The number of anilines is 2. The number of halogens is 2. The molecule has 3 aromatic rings.